The Balaban J connectivity index is 4.68. The molecular weight excluding hydrogens is 182 g/mol. The maximum Gasteiger partial charge on any atom is 0.332 e. The molecule has 0 aromatic carbocycles. The topological polar surface area (TPSA) is 72.8 Å². The number of hydrogen-bond donors (Lipinski definition) is 0. The lowest BCUT2D eigenvalue weighted by molar-refractivity contribution is -0.143. The van der Waals surface area contributed by atoms with Crippen molar-refractivity contribution < 1.29 is 17.9 Å². The second-order valence-electron chi connectivity index (χ2n) is 2.53. The van der Waals surface area contributed by atoms with E-state index in [1.165, 1.54) is 7.11 Å². The molecule has 12 heavy (non-hydrogen) atoms. The zero-order valence-corrected chi connectivity index (χ0v) is 7.96. The SMILES string of the molecule is COC(=O)[C@@H](N=S(=O)=O)C(C)C. The fraction of sp³-hybridized carbons (Fsp3) is 0.833. The second-order valence-corrected chi connectivity index (χ2v) is 3.18. The van der Waals surface area contributed by atoms with Gasteiger partial charge in [-0.05, 0) is 5.92 Å². The number of carbonyl (C=O) groups is 1. The fourth-order valence-corrected chi connectivity index (χ4v) is 1.17. The van der Waals surface area contributed by atoms with E-state index in [-0.39, 0.29) is 5.92 Å². The number of esters is 1. The summed E-state index contributed by atoms with van der Waals surface area (Å²) in [5, 5.41) is 0. The number of hydrogen-bond acceptors (Lipinski definition) is 5. The molecule has 0 aromatic heterocycles. The van der Waals surface area contributed by atoms with Crippen molar-refractivity contribution in [3.05, 3.63) is 0 Å². The molecule has 0 radical (unpaired) electrons. The summed E-state index contributed by atoms with van der Waals surface area (Å²) < 4.78 is 27.9. The molecule has 0 bridgehead atoms. The van der Waals surface area contributed by atoms with Gasteiger partial charge in [-0.2, -0.15) is 12.8 Å². The molecule has 0 rings (SSSR count). The van der Waals surface area contributed by atoms with Crippen LogP contribution in [0.15, 0.2) is 4.36 Å². The molecule has 0 aliphatic carbocycles. The van der Waals surface area contributed by atoms with Gasteiger partial charge in [0, 0.05) is 0 Å². The van der Waals surface area contributed by atoms with Crippen molar-refractivity contribution in [3.8, 4) is 0 Å². The summed E-state index contributed by atoms with van der Waals surface area (Å²) in [6.07, 6.45) is 0. The van der Waals surface area contributed by atoms with Gasteiger partial charge in [-0.25, -0.2) is 4.79 Å². The van der Waals surface area contributed by atoms with Crippen LogP contribution in [0, 0.1) is 5.92 Å². The first-order valence-corrected chi connectivity index (χ1v) is 4.40. The van der Waals surface area contributed by atoms with Gasteiger partial charge in [-0.3, -0.25) is 0 Å². The van der Waals surface area contributed by atoms with E-state index in [4.69, 9.17) is 0 Å². The minimum atomic E-state index is -2.56. The molecule has 0 heterocycles. The summed E-state index contributed by atoms with van der Waals surface area (Å²) in [5.41, 5.74) is 0. The Kier molecular flexibility index (Phi) is 4.50. The van der Waals surface area contributed by atoms with Gasteiger partial charge in [0.2, 0.25) is 0 Å². The zero-order chi connectivity index (χ0) is 9.72. The van der Waals surface area contributed by atoms with Gasteiger partial charge < -0.3 is 4.74 Å². The number of nitrogens with zero attached hydrogens (tertiary/aromatic N) is 1. The van der Waals surface area contributed by atoms with Crippen molar-refractivity contribution in [2.75, 3.05) is 7.11 Å². The maximum absolute atomic E-state index is 10.9. The number of methoxy groups -OCH3 is 1. The number of rotatable bonds is 3. The highest BCUT2D eigenvalue weighted by Gasteiger charge is 2.22. The Morgan fingerprint density at radius 2 is 1.92 bits per heavy atom. The predicted octanol–water partition coefficient (Wildman–Crippen LogP) is 0.247. The molecule has 0 aliphatic heterocycles. The third-order valence-electron chi connectivity index (χ3n) is 1.27. The molecule has 0 amide bonds. The Hall–Kier alpha value is -0.910. The second kappa shape index (κ2) is 4.87. The first kappa shape index (κ1) is 11.1. The normalized spacial score (nSPS) is 12.3. The van der Waals surface area contributed by atoms with Gasteiger partial charge in [0.15, 0.2) is 6.04 Å². The molecule has 1 atom stereocenters. The van der Waals surface area contributed by atoms with Crippen molar-refractivity contribution in [3.63, 3.8) is 0 Å². The highest BCUT2D eigenvalue weighted by molar-refractivity contribution is 7.61. The van der Waals surface area contributed by atoms with Gasteiger partial charge >= 0.3 is 16.5 Å². The van der Waals surface area contributed by atoms with Gasteiger partial charge in [0.1, 0.15) is 0 Å². The molecule has 0 unspecified atom stereocenters. The third-order valence-corrected chi connectivity index (χ3v) is 1.67. The summed E-state index contributed by atoms with van der Waals surface area (Å²) in [6, 6.07) is -0.923. The molecule has 0 saturated carbocycles. The molecule has 6 heteroatoms. The summed E-state index contributed by atoms with van der Waals surface area (Å²) in [6.45, 7) is 3.38. The van der Waals surface area contributed by atoms with E-state index in [0.717, 1.165) is 0 Å². The van der Waals surface area contributed by atoms with E-state index in [1.807, 2.05) is 0 Å². The highest BCUT2D eigenvalue weighted by atomic mass is 32.2. The Bertz CT molecular complexity index is 272. The van der Waals surface area contributed by atoms with Crippen LogP contribution < -0.4 is 0 Å². The van der Waals surface area contributed by atoms with Crippen LogP contribution in [0.3, 0.4) is 0 Å². The smallest absolute Gasteiger partial charge is 0.332 e. The quantitative estimate of drug-likeness (QED) is 0.602. The molecule has 0 saturated heterocycles. The molecule has 0 N–H and O–H groups in total. The molecule has 0 fully saturated rings. The molecular formula is C6H11NO4S. The first-order valence-electron chi connectivity index (χ1n) is 3.37. The summed E-state index contributed by atoms with van der Waals surface area (Å²) in [4.78, 5) is 10.9. The van der Waals surface area contributed by atoms with Crippen LogP contribution in [-0.4, -0.2) is 27.5 Å². The Labute approximate surface area is 72.4 Å². The van der Waals surface area contributed by atoms with Gasteiger partial charge in [-0.1, -0.05) is 13.8 Å². The van der Waals surface area contributed by atoms with Gasteiger partial charge in [0.25, 0.3) is 0 Å². The monoisotopic (exact) mass is 193 g/mol. The fourth-order valence-electron chi connectivity index (χ4n) is 0.650. The van der Waals surface area contributed by atoms with Crippen LogP contribution in [-0.2, 0) is 20.0 Å². The van der Waals surface area contributed by atoms with Crippen molar-refractivity contribution in [1.29, 1.82) is 0 Å². The van der Waals surface area contributed by atoms with Crippen molar-refractivity contribution in [2.24, 2.45) is 10.3 Å². The first-order chi connectivity index (χ1) is 5.49. The van der Waals surface area contributed by atoms with Crippen LogP contribution in [0.4, 0.5) is 0 Å². The lowest BCUT2D eigenvalue weighted by Gasteiger charge is -2.10. The standard InChI is InChI=1S/C6H11NO4S/c1-4(2)5(6(8)11-3)7-12(9)10/h4-5H,1-3H3/t5-/m0/s1. The Morgan fingerprint density at radius 1 is 1.42 bits per heavy atom. The number of ether oxygens (including phenoxy) is 1. The zero-order valence-electron chi connectivity index (χ0n) is 7.14. The van der Waals surface area contributed by atoms with Crippen molar-refractivity contribution >= 4 is 16.5 Å². The van der Waals surface area contributed by atoms with E-state index in [0.29, 0.717) is 0 Å². The van der Waals surface area contributed by atoms with Crippen LogP contribution in [0.1, 0.15) is 13.8 Å². The average Bonchev–Trinajstić information content (AvgIpc) is 1.98. The Morgan fingerprint density at radius 3 is 2.17 bits per heavy atom. The molecule has 5 nitrogen and oxygen atoms in total. The largest absolute Gasteiger partial charge is 0.467 e. The number of carbonyl (C=O) groups excluding carboxylic acids is 1. The van der Waals surface area contributed by atoms with E-state index < -0.39 is 22.5 Å². The van der Waals surface area contributed by atoms with Crippen LogP contribution >= 0.6 is 0 Å². The summed E-state index contributed by atoms with van der Waals surface area (Å²) in [5.74, 6) is -0.815. The summed E-state index contributed by atoms with van der Waals surface area (Å²) >= 11 is 0. The minimum Gasteiger partial charge on any atom is -0.467 e. The van der Waals surface area contributed by atoms with E-state index in [1.54, 1.807) is 13.8 Å². The third kappa shape index (κ3) is 3.47. The predicted molar refractivity (Wildman–Crippen MR) is 42.0 cm³/mol. The summed E-state index contributed by atoms with van der Waals surface area (Å²) in [7, 11) is -1.37. The average molecular weight is 193 g/mol. The lowest BCUT2D eigenvalue weighted by atomic mass is 10.1. The van der Waals surface area contributed by atoms with Crippen LogP contribution in [0.2, 0.25) is 0 Å². The molecule has 0 aliphatic rings. The lowest BCUT2D eigenvalue weighted by Crippen LogP contribution is -2.25. The van der Waals surface area contributed by atoms with E-state index in [2.05, 4.69) is 9.10 Å². The minimum absolute atomic E-state index is 0.185. The van der Waals surface area contributed by atoms with Crippen LogP contribution in [0.5, 0.6) is 0 Å². The van der Waals surface area contributed by atoms with Gasteiger partial charge in [-0.15, -0.1) is 0 Å². The van der Waals surface area contributed by atoms with Crippen LogP contribution in [0.25, 0.3) is 0 Å². The van der Waals surface area contributed by atoms with Crippen molar-refractivity contribution in [2.45, 2.75) is 19.9 Å². The highest BCUT2D eigenvalue weighted by Crippen LogP contribution is 2.07. The molecule has 0 spiro atoms. The van der Waals surface area contributed by atoms with Crippen molar-refractivity contribution in [1.82, 2.24) is 0 Å². The maximum atomic E-state index is 10.9. The van der Waals surface area contributed by atoms with E-state index in [9.17, 15) is 13.2 Å². The van der Waals surface area contributed by atoms with Gasteiger partial charge in [0.05, 0.1) is 7.11 Å². The molecule has 0 aromatic rings. The molecule has 70 valence electrons. The van der Waals surface area contributed by atoms with E-state index >= 15 is 0 Å².